The van der Waals surface area contributed by atoms with Crippen molar-refractivity contribution < 1.29 is 14.3 Å². The number of ether oxygens (including phenoxy) is 1. The van der Waals surface area contributed by atoms with Crippen LogP contribution in [0.2, 0.25) is 0 Å². The van der Waals surface area contributed by atoms with Gasteiger partial charge in [0.15, 0.2) is 0 Å². The van der Waals surface area contributed by atoms with Crippen LogP contribution in [0.4, 0.5) is 5.00 Å². The van der Waals surface area contributed by atoms with Gasteiger partial charge in [-0.2, -0.15) is 0 Å². The van der Waals surface area contributed by atoms with Gasteiger partial charge in [-0.1, -0.05) is 24.3 Å². The molecule has 0 atom stereocenters. The molecule has 6 nitrogen and oxygen atoms in total. The first-order valence-electron chi connectivity index (χ1n) is 10.3. The van der Waals surface area contributed by atoms with Crippen molar-refractivity contribution in [2.75, 3.05) is 18.4 Å². The third kappa shape index (κ3) is 4.95. The van der Waals surface area contributed by atoms with E-state index in [9.17, 15) is 9.59 Å². The zero-order valence-corrected chi connectivity index (χ0v) is 18.1. The Morgan fingerprint density at radius 1 is 1.06 bits per heavy atom. The van der Waals surface area contributed by atoms with Gasteiger partial charge in [0, 0.05) is 5.56 Å². The molecule has 31 heavy (non-hydrogen) atoms. The number of hydrogen-bond acceptors (Lipinski definition) is 5. The largest absolute Gasteiger partial charge is 0.490 e. The van der Waals surface area contributed by atoms with Gasteiger partial charge in [0.25, 0.3) is 11.8 Å². The number of benzene rings is 2. The van der Waals surface area contributed by atoms with Crippen molar-refractivity contribution >= 4 is 28.2 Å². The number of piperidine rings is 1. The molecule has 2 aromatic carbocycles. The van der Waals surface area contributed by atoms with E-state index in [1.54, 1.807) is 23.6 Å². The Kier molecular flexibility index (Phi) is 6.34. The van der Waals surface area contributed by atoms with Crippen molar-refractivity contribution in [2.24, 2.45) is 5.73 Å². The Hall–Kier alpha value is -3.16. The van der Waals surface area contributed by atoms with Gasteiger partial charge in [-0.05, 0) is 79.2 Å². The van der Waals surface area contributed by atoms with Crippen molar-refractivity contribution in [3.8, 4) is 16.9 Å². The van der Waals surface area contributed by atoms with Gasteiger partial charge in [-0.25, -0.2) is 0 Å². The number of nitrogens with one attached hydrogen (secondary N) is 2. The highest BCUT2D eigenvalue weighted by atomic mass is 32.1. The number of nitrogens with two attached hydrogens (primary N) is 1. The number of rotatable bonds is 6. The van der Waals surface area contributed by atoms with Gasteiger partial charge in [-0.15, -0.1) is 11.3 Å². The lowest BCUT2D eigenvalue weighted by Crippen LogP contribution is -2.34. The molecule has 7 heteroatoms. The normalized spacial score (nSPS) is 14.2. The van der Waals surface area contributed by atoms with Crippen molar-refractivity contribution in [2.45, 2.75) is 25.9 Å². The van der Waals surface area contributed by atoms with Crippen molar-refractivity contribution in [1.82, 2.24) is 5.32 Å². The summed E-state index contributed by atoms with van der Waals surface area (Å²) in [6.07, 6.45) is 2.26. The molecule has 3 aromatic rings. The van der Waals surface area contributed by atoms with Crippen molar-refractivity contribution in [3.63, 3.8) is 0 Å². The van der Waals surface area contributed by atoms with E-state index in [0.29, 0.717) is 16.1 Å². The van der Waals surface area contributed by atoms with Crippen LogP contribution in [-0.4, -0.2) is 31.0 Å². The first-order chi connectivity index (χ1) is 15.0. The molecule has 2 heterocycles. The molecule has 0 aliphatic carbocycles. The third-order valence-electron chi connectivity index (χ3n) is 5.41. The molecule has 0 radical (unpaired) electrons. The molecule has 4 rings (SSSR count). The number of anilines is 1. The third-order valence-corrected chi connectivity index (χ3v) is 6.24. The number of aryl methyl sites for hydroxylation is 1. The monoisotopic (exact) mass is 435 g/mol. The summed E-state index contributed by atoms with van der Waals surface area (Å²) in [5.74, 6) is 0.0621. The topological polar surface area (TPSA) is 93.5 Å². The van der Waals surface area contributed by atoms with Crippen molar-refractivity contribution in [1.29, 1.82) is 0 Å². The summed E-state index contributed by atoms with van der Waals surface area (Å²) in [6, 6.07) is 15.2. The second kappa shape index (κ2) is 9.32. The smallest absolute Gasteiger partial charge is 0.256 e. The second-order valence-corrected chi connectivity index (χ2v) is 8.52. The van der Waals surface area contributed by atoms with Gasteiger partial charge >= 0.3 is 0 Å². The van der Waals surface area contributed by atoms with Gasteiger partial charge in [0.05, 0.1) is 5.56 Å². The molecule has 1 aromatic heterocycles. The molecule has 2 amide bonds. The van der Waals surface area contributed by atoms with E-state index < -0.39 is 5.91 Å². The van der Waals surface area contributed by atoms with Gasteiger partial charge in [0.2, 0.25) is 0 Å². The van der Waals surface area contributed by atoms with E-state index in [2.05, 4.69) is 35.8 Å². The average molecular weight is 436 g/mol. The minimum atomic E-state index is -0.561. The number of thiophene rings is 1. The van der Waals surface area contributed by atoms with Crippen LogP contribution < -0.4 is 21.1 Å². The molecule has 0 spiro atoms. The molecule has 0 saturated carbocycles. The maximum atomic E-state index is 12.6. The summed E-state index contributed by atoms with van der Waals surface area (Å²) in [7, 11) is 0. The Morgan fingerprint density at radius 3 is 2.48 bits per heavy atom. The Labute approximate surface area is 185 Å². The van der Waals surface area contributed by atoms with Crippen LogP contribution in [0.5, 0.6) is 5.75 Å². The fraction of sp³-hybridized carbons (Fsp3) is 0.250. The fourth-order valence-corrected chi connectivity index (χ4v) is 4.38. The summed E-state index contributed by atoms with van der Waals surface area (Å²) >= 11 is 1.27. The predicted molar refractivity (Wildman–Crippen MR) is 124 cm³/mol. The van der Waals surface area contributed by atoms with Crippen LogP contribution in [0.15, 0.2) is 53.9 Å². The van der Waals surface area contributed by atoms with Crippen LogP contribution in [0.25, 0.3) is 11.1 Å². The molecule has 1 fully saturated rings. The summed E-state index contributed by atoms with van der Waals surface area (Å²) in [6.45, 7) is 4.03. The second-order valence-electron chi connectivity index (χ2n) is 7.61. The first-order valence-corrected chi connectivity index (χ1v) is 11.2. The molecule has 0 bridgehead atoms. The van der Waals surface area contributed by atoms with E-state index >= 15 is 0 Å². The standard InChI is InChI=1S/C24H25N3O3S/c1-15-2-3-18(14-21(15)30-19-8-11-26-12-9-19)16-4-6-17(7-5-16)23(29)27-24-20(22(25)28)10-13-31-24/h2-7,10,13-14,19,26H,8-9,11-12H2,1H3,(H2,25,28)(H,27,29). The number of carbonyl (C=O) groups is 2. The Bertz CT molecular complexity index is 1090. The molecular weight excluding hydrogens is 410 g/mol. The first kappa shape index (κ1) is 21.1. The zero-order valence-electron chi connectivity index (χ0n) is 17.3. The quantitative estimate of drug-likeness (QED) is 0.541. The zero-order chi connectivity index (χ0) is 21.8. The lowest BCUT2D eigenvalue weighted by molar-refractivity contribution is 0.100. The van der Waals surface area contributed by atoms with Crippen molar-refractivity contribution in [3.05, 3.63) is 70.6 Å². The van der Waals surface area contributed by atoms with E-state index in [4.69, 9.17) is 10.5 Å². The maximum absolute atomic E-state index is 12.6. The van der Waals surface area contributed by atoms with Crippen LogP contribution in [0.1, 0.15) is 39.1 Å². The van der Waals surface area contributed by atoms with Gasteiger partial charge in [-0.3, -0.25) is 9.59 Å². The summed E-state index contributed by atoms with van der Waals surface area (Å²) in [5, 5.41) is 8.30. The number of carbonyl (C=O) groups excluding carboxylic acids is 2. The van der Waals surface area contributed by atoms with Crippen LogP contribution in [-0.2, 0) is 0 Å². The number of amides is 2. The summed E-state index contributed by atoms with van der Waals surface area (Å²) in [5.41, 5.74) is 9.31. The van der Waals surface area contributed by atoms with E-state index in [-0.39, 0.29) is 12.0 Å². The lowest BCUT2D eigenvalue weighted by atomic mass is 10.0. The lowest BCUT2D eigenvalue weighted by Gasteiger charge is -2.25. The molecular formula is C24H25N3O3S. The SMILES string of the molecule is Cc1ccc(-c2ccc(C(=O)Nc3sccc3C(N)=O)cc2)cc1OC1CCNCC1. The van der Waals surface area contributed by atoms with Crippen LogP contribution in [0, 0.1) is 6.92 Å². The van der Waals surface area contributed by atoms with Crippen LogP contribution >= 0.6 is 11.3 Å². The Balaban J connectivity index is 1.48. The average Bonchev–Trinajstić information content (AvgIpc) is 3.24. The van der Waals surface area contributed by atoms with Crippen LogP contribution in [0.3, 0.4) is 0 Å². The predicted octanol–water partition coefficient (Wildman–Crippen LogP) is 4.21. The molecule has 1 aliphatic rings. The summed E-state index contributed by atoms with van der Waals surface area (Å²) < 4.78 is 6.26. The van der Waals surface area contributed by atoms with E-state index in [1.165, 1.54) is 11.3 Å². The van der Waals surface area contributed by atoms with Gasteiger partial charge in [0.1, 0.15) is 16.9 Å². The summed E-state index contributed by atoms with van der Waals surface area (Å²) in [4.78, 5) is 24.0. The minimum absolute atomic E-state index is 0.240. The number of primary amides is 1. The molecule has 1 aliphatic heterocycles. The van der Waals surface area contributed by atoms with Gasteiger partial charge < -0.3 is 21.1 Å². The Morgan fingerprint density at radius 2 is 1.77 bits per heavy atom. The minimum Gasteiger partial charge on any atom is -0.490 e. The highest BCUT2D eigenvalue weighted by Gasteiger charge is 2.17. The van der Waals surface area contributed by atoms with E-state index in [1.807, 2.05) is 12.1 Å². The highest BCUT2D eigenvalue weighted by Crippen LogP contribution is 2.29. The molecule has 0 unspecified atom stereocenters. The fourth-order valence-electron chi connectivity index (χ4n) is 3.59. The maximum Gasteiger partial charge on any atom is 0.256 e. The van der Waals surface area contributed by atoms with E-state index in [0.717, 1.165) is 48.4 Å². The molecule has 1 saturated heterocycles. The molecule has 4 N–H and O–H groups in total. The highest BCUT2D eigenvalue weighted by molar-refractivity contribution is 7.14. The molecule has 160 valence electrons. The number of hydrogen-bond donors (Lipinski definition) is 3.